The largest absolute Gasteiger partial charge is 0.496 e. The van der Waals surface area contributed by atoms with Crippen molar-refractivity contribution in [3.05, 3.63) is 35.4 Å². The van der Waals surface area contributed by atoms with Gasteiger partial charge < -0.3 is 14.6 Å². The first kappa shape index (κ1) is 14.4. The lowest BCUT2D eigenvalue weighted by Crippen LogP contribution is -2.26. The van der Waals surface area contributed by atoms with Crippen molar-refractivity contribution < 1.29 is 32.5 Å². The molecule has 20 heavy (non-hydrogen) atoms. The van der Waals surface area contributed by atoms with E-state index in [2.05, 4.69) is 4.74 Å². The van der Waals surface area contributed by atoms with Gasteiger partial charge >= 0.3 is 12.1 Å². The summed E-state index contributed by atoms with van der Waals surface area (Å²) in [6, 6.07) is 2.79. The molecule has 1 aliphatic rings. The number of cyclic esters (lactones) is 1. The van der Waals surface area contributed by atoms with Crippen molar-refractivity contribution in [3.8, 4) is 5.75 Å². The molecule has 1 heterocycles. The number of rotatable bonds is 2. The Kier molecular flexibility index (Phi) is 3.25. The SMILES string of the molecule is COc1ccc(C(F)(F)F)cc1C1=CC(=O)O[C@@]1(C)O. The number of ether oxygens (including phenoxy) is 2. The first-order valence-corrected chi connectivity index (χ1v) is 5.58. The van der Waals surface area contributed by atoms with Gasteiger partial charge in [-0.2, -0.15) is 13.2 Å². The first-order chi connectivity index (χ1) is 9.15. The van der Waals surface area contributed by atoms with Gasteiger partial charge in [0.15, 0.2) is 0 Å². The quantitative estimate of drug-likeness (QED) is 0.849. The van der Waals surface area contributed by atoms with Crippen LogP contribution in [0.1, 0.15) is 18.1 Å². The van der Waals surface area contributed by atoms with Gasteiger partial charge in [-0.3, -0.25) is 0 Å². The number of methoxy groups -OCH3 is 1. The zero-order chi connectivity index (χ0) is 15.1. The molecule has 0 bridgehead atoms. The van der Waals surface area contributed by atoms with Crippen LogP contribution in [0.5, 0.6) is 5.75 Å². The topological polar surface area (TPSA) is 55.8 Å². The zero-order valence-corrected chi connectivity index (χ0v) is 10.6. The van der Waals surface area contributed by atoms with Crippen LogP contribution < -0.4 is 4.74 Å². The predicted octanol–water partition coefficient (Wildman–Crippen LogP) is 2.36. The molecule has 4 nitrogen and oxygen atoms in total. The number of hydrogen-bond donors (Lipinski definition) is 1. The van der Waals surface area contributed by atoms with E-state index >= 15 is 0 Å². The Morgan fingerprint density at radius 3 is 2.45 bits per heavy atom. The summed E-state index contributed by atoms with van der Waals surface area (Å²) in [5.41, 5.74) is -1.03. The molecular formula is C13H11F3O4. The molecule has 1 aromatic carbocycles. The van der Waals surface area contributed by atoms with E-state index in [1.807, 2.05) is 0 Å². The molecule has 0 radical (unpaired) electrons. The summed E-state index contributed by atoms with van der Waals surface area (Å²) >= 11 is 0. The Labute approximate surface area is 112 Å². The van der Waals surface area contributed by atoms with E-state index in [0.29, 0.717) is 0 Å². The Bertz CT molecular complexity index is 588. The molecule has 1 aromatic rings. The summed E-state index contributed by atoms with van der Waals surface area (Å²) in [6.45, 7) is 1.17. The van der Waals surface area contributed by atoms with Gasteiger partial charge in [-0.15, -0.1) is 0 Å². The number of aliphatic hydroxyl groups is 1. The van der Waals surface area contributed by atoms with Crippen molar-refractivity contribution in [2.24, 2.45) is 0 Å². The van der Waals surface area contributed by atoms with Gasteiger partial charge in [-0.05, 0) is 18.2 Å². The fourth-order valence-corrected chi connectivity index (χ4v) is 1.95. The van der Waals surface area contributed by atoms with Crippen molar-refractivity contribution in [3.63, 3.8) is 0 Å². The molecule has 0 fully saturated rings. The van der Waals surface area contributed by atoms with E-state index in [1.54, 1.807) is 0 Å². The van der Waals surface area contributed by atoms with Crippen LogP contribution in [0, 0.1) is 0 Å². The molecule has 0 amide bonds. The van der Waals surface area contributed by atoms with Crippen LogP contribution in [-0.4, -0.2) is 24.0 Å². The van der Waals surface area contributed by atoms with Crippen LogP contribution in [-0.2, 0) is 15.7 Å². The zero-order valence-electron chi connectivity index (χ0n) is 10.6. The average molecular weight is 288 g/mol. The molecule has 0 saturated heterocycles. The summed E-state index contributed by atoms with van der Waals surface area (Å²) in [4.78, 5) is 11.2. The number of hydrogen-bond acceptors (Lipinski definition) is 4. The molecule has 0 unspecified atom stereocenters. The summed E-state index contributed by atoms with van der Waals surface area (Å²) in [5.74, 6) is -2.72. The molecule has 1 N–H and O–H groups in total. The van der Waals surface area contributed by atoms with E-state index in [9.17, 15) is 23.1 Å². The molecule has 108 valence electrons. The summed E-state index contributed by atoms with van der Waals surface area (Å²) in [5, 5.41) is 9.94. The van der Waals surface area contributed by atoms with Crippen molar-refractivity contribution >= 4 is 11.5 Å². The molecule has 1 aliphatic heterocycles. The van der Waals surface area contributed by atoms with Crippen LogP contribution in [0.15, 0.2) is 24.3 Å². The Balaban J connectivity index is 2.61. The second-order valence-corrected chi connectivity index (χ2v) is 4.37. The van der Waals surface area contributed by atoms with Gasteiger partial charge in [-0.1, -0.05) is 0 Å². The summed E-state index contributed by atoms with van der Waals surface area (Å²) in [7, 11) is 1.28. The molecular weight excluding hydrogens is 277 g/mol. The maximum absolute atomic E-state index is 12.7. The van der Waals surface area contributed by atoms with E-state index in [4.69, 9.17) is 4.74 Å². The van der Waals surface area contributed by atoms with Crippen LogP contribution in [0.4, 0.5) is 13.2 Å². The number of carbonyl (C=O) groups is 1. The van der Waals surface area contributed by atoms with Gasteiger partial charge in [0.25, 0.3) is 0 Å². The third kappa shape index (κ3) is 2.49. The fraction of sp³-hybridized carbons (Fsp3) is 0.308. The highest BCUT2D eigenvalue weighted by atomic mass is 19.4. The van der Waals surface area contributed by atoms with E-state index < -0.39 is 23.5 Å². The third-order valence-electron chi connectivity index (χ3n) is 2.88. The first-order valence-electron chi connectivity index (χ1n) is 5.58. The maximum Gasteiger partial charge on any atom is 0.416 e. The highest BCUT2D eigenvalue weighted by Crippen LogP contribution is 2.41. The minimum Gasteiger partial charge on any atom is -0.496 e. The minimum absolute atomic E-state index is 0.0434. The Morgan fingerprint density at radius 1 is 1.35 bits per heavy atom. The lowest BCUT2D eigenvalue weighted by molar-refractivity contribution is -0.169. The van der Waals surface area contributed by atoms with Crippen LogP contribution in [0.2, 0.25) is 0 Å². The lowest BCUT2D eigenvalue weighted by Gasteiger charge is -2.22. The maximum atomic E-state index is 12.7. The molecule has 2 rings (SSSR count). The number of carbonyl (C=O) groups excluding carboxylic acids is 1. The van der Waals surface area contributed by atoms with Crippen LogP contribution >= 0.6 is 0 Å². The summed E-state index contributed by atoms with van der Waals surface area (Å²) in [6.07, 6.45) is -3.60. The molecule has 0 aromatic heterocycles. The molecule has 0 spiro atoms. The highest BCUT2D eigenvalue weighted by Gasteiger charge is 2.40. The Hall–Kier alpha value is -2.02. The van der Waals surface area contributed by atoms with Gasteiger partial charge in [-0.25, -0.2) is 4.79 Å². The molecule has 0 aliphatic carbocycles. The second kappa shape index (κ2) is 4.52. The smallest absolute Gasteiger partial charge is 0.416 e. The number of alkyl halides is 3. The van der Waals surface area contributed by atoms with Crippen molar-refractivity contribution in [1.82, 2.24) is 0 Å². The van der Waals surface area contributed by atoms with Gasteiger partial charge in [0.05, 0.1) is 12.7 Å². The lowest BCUT2D eigenvalue weighted by atomic mass is 9.96. The van der Waals surface area contributed by atoms with Gasteiger partial charge in [0.1, 0.15) is 5.75 Å². The van der Waals surface area contributed by atoms with E-state index in [0.717, 1.165) is 24.3 Å². The van der Waals surface area contributed by atoms with Crippen molar-refractivity contribution in [1.29, 1.82) is 0 Å². The van der Waals surface area contributed by atoms with Gasteiger partial charge in [0, 0.05) is 24.1 Å². The number of esters is 1. The van der Waals surface area contributed by atoms with E-state index in [1.165, 1.54) is 14.0 Å². The normalized spacial score (nSPS) is 22.5. The Morgan fingerprint density at radius 2 is 2.00 bits per heavy atom. The minimum atomic E-state index is -4.54. The fourth-order valence-electron chi connectivity index (χ4n) is 1.95. The summed E-state index contributed by atoms with van der Waals surface area (Å²) < 4.78 is 47.8. The van der Waals surface area contributed by atoms with Crippen molar-refractivity contribution in [2.75, 3.05) is 7.11 Å². The number of halogens is 3. The molecule has 0 saturated carbocycles. The third-order valence-corrected chi connectivity index (χ3v) is 2.88. The predicted molar refractivity (Wildman–Crippen MR) is 62.7 cm³/mol. The van der Waals surface area contributed by atoms with Crippen molar-refractivity contribution in [2.45, 2.75) is 18.9 Å². The molecule has 1 atom stereocenters. The second-order valence-electron chi connectivity index (χ2n) is 4.37. The van der Waals surface area contributed by atoms with Gasteiger partial charge in [0.2, 0.25) is 5.79 Å². The van der Waals surface area contributed by atoms with Crippen LogP contribution in [0.25, 0.3) is 5.57 Å². The average Bonchev–Trinajstić information content (AvgIpc) is 2.60. The molecule has 7 heteroatoms. The standard InChI is InChI=1S/C13H11F3O4/c1-12(18)9(6-11(17)20-12)8-5-7(13(14,15)16)3-4-10(8)19-2/h3-6,18H,1-2H3/t12-/m1/s1. The van der Waals surface area contributed by atoms with Crippen LogP contribution in [0.3, 0.4) is 0 Å². The van der Waals surface area contributed by atoms with E-state index in [-0.39, 0.29) is 16.9 Å². The monoisotopic (exact) mass is 288 g/mol. The number of benzene rings is 1. The highest BCUT2D eigenvalue weighted by molar-refractivity contribution is 5.98.